The van der Waals surface area contributed by atoms with Gasteiger partial charge in [-0.1, -0.05) is 12.5 Å². The molecule has 0 aromatic heterocycles. The Hall–Kier alpha value is -1.53. The molecule has 140 valence electrons. The zero-order chi connectivity index (χ0) is 17.8. The first-order chi connectivity index (χ1) is 12.6. The smallest absolute Gasteiger partial charge is 0.244 e. The van der Waals surface area contributed by atoms with Gasteiger partial charge in [0.1, 0.15) is 17.3 Å². The Balaban J connectivity index is 1.31. The fourth-order valence-corrected chi connectivity index (χ4v) is 5.82. The third kappa shape index (κ3) is 2.49. The van der Waals surface area contributed by atoms with E-state index in [2.05, 4.69) is 9.80 Å². The minimum absolute atomic E-state index is 0.144. The van der Waals surface area contributed by atoms with Gasteiger partial charge in [0.15, 0.2) is 0 Å². The third-order valence-corrected chi connectivity index (χ3v) is 6.97. The van der Waals surface area contributed by atoms with Gasteiger partial charge in [-0.15, -0.1) is 0 Å². The summed E-state index contributed by atoms with van der Waals surface area (Å²) in [4.78, 5) is 19.2. The molecule has 0 aliphatic carbocycles. The number of para-hydroxylation sites is 1. The van der Waals surface area contributed by atoms with Crippen LogP contribution < -0.4 is 4.90 Å². The molecule has 0 unspecified atom stereocenters. The van der Waals surface area contributed by atoms with Gasteiger partial charge >= 0.3 is 0 Å². The van der Waals surface area contributed by atoms with Crippen molar-refractivity contribution in [2.24, 2.45) is 11.8 Å². The van der Waals surface area contributed by atoms with E-state index in [1.165, 1.54) is 48.9 Å². The number of fused-ring (bicyclic) bond motifs is 3. The van der Waals surface area contributed by atoms with Crippen molar-refractivity contribution in [1.82, 2.24) is 9.80 Å². The summed E-state index contributed by atoms with van der Waals surface area (Å²) in [7, 11) is 0. The first kappa shape index (κ1) is 16.6. The lowest BCUT2D eigenvalue weighted by Crippen LogP contribution is -2.44. The molecule has 1 amide bonds. The van der Waals surface area contributed by atoms with Crippen molar-refractivity contribution in [3.63, 3.8) is 0 Å². The molecule has 0 bridgehead atoms. The van der Waals surface area contributed by atoms with Crippen LogP contribution in [0.25, 0.3) is 0 Å². The molecule has 6 heteroatoms. The molecule has 4 heterocycles. The highest BCUT2D eigenvalue weighted by atomic mass is 19.1. The normalized spacial score (nSPS) is 35.2. The SMILES string of the molecule is O=C1[C@H](N2C[C@@H]3CN4CCCC[C@@H]4[C@@H]3C2)CCN1c1c(F)cccc1F. The van der Waals surface area contributed by atoms with E-state index < -0.39 is 11.6 Å². The van der Waals surface area contributed by atoms with E-state index in [1.807, 2.05) is 0 Å². The van der Waals surface area contributed by atoms with Gasteiger partial charge in [-0.2, -0.15) is 0 Å². The molecule has 4 fully saturated rings. The van der Waals surface area contributed by atoms with Crippen molar-refractivity contribution < 1.29 is 13.6 Å². The molecule has 4 atom stereocenters. The molecule has 1 aromatic carbocycles. The average molecular weight is 361 g/mol. The van der Waals surface area contributed by atoms with Crippen LogP contribution in [0.3, 0.4) is 0 Å². The van der Waals surface area contributed by atoms with E-state index in [1.54, 1.807) is 0 Å². The predicted octanol–water partition coefficient (Wildman–Crippen LogP) is 2.49. The molecular formula is C20H25F2N3O. The van der Waals surface area contributed by atoms with E-state index in [0.717, 1.165) is 19.6 Å². The van der Waals surface area contributed by atoms with E-state index in [0.29, 0.717) is 30.8 Å². The maximum Gasteiger partial charge on any atom is 0.244 e. The molecule has 0 spiro atoms. The number of piperidine rings is 1. The van der Waals surface area contributed by atoms with Crippen molar-refractivity contribution in [2.45, 2.75) is 37.8 Å². The highest BCUT2D eigenvalue weighted by Gasteiger charge is 2.50. The lowest BCUT2D eigenvalue weighted by Gasteiger charge is -2.34. The Kier molecular flexibility index (Phi) is 4.01. The Morgan fingerprint density at radius 1 is 0.923 bits per heavy atom. The Morgan fingerprint density at radius 3 is 2.50 bits per heavy atom. The second-order valence-electron chi connectivity index (χ2n) is 8.30. The molecule has 0 radical (unpaired) electrons. The summed E-state index contributed by atoms with van der Waals surface area (Å²) in [5.41, 5.74) is -0.183. The van der Waals surface area contributed by atoms with Crippen LogP contribution in [-0.4, -0.2) is 60.5 Å². The van der Waals surface area contributed by atoms with Crippen LogP contribution in [0.1, 0.15) is 25.7 Å². The van der Waals surface area contributed by atoms with Gasteiger partial charge in [-0.05, 0) is 49.8 Å². The van der Waals surface area contributed by atoms with Gasteiger partial charge in [0, 0.05) is 32.2 Å². The number of benzene rings is 1. The number of halogens is 2. The van der Waals surface area contributed by atoms with Crippen LogP contribution in [0.15, 0.2) is 18.2 Å². The summed E-state index contributed by atoms with van der Waals surface area (Å²) in [5, 5.41) is 0. The van der Waals surface area contributed by atoms with Gasteiger partial charge in [0.25, 0.3) is 0 Å². The zero-order valence-corrected chi connectivity index (χ0v) is 14.9. The molecule has 0 N–H and O–H groups in total. The van der Waals surface area contributed by atoms with E-state index in [9.17, 15) is 13.6 Å². The quantitative estimate of drug-likeness (QED) is 0.810. The van der Waals surface area contributed by atoms with Crippen LogP contribution in [0.2, 0.25) is 0 Å². The average Bonchev–Trinajstić information content (AvgIpc) is 3.28. The van der Waals surface area contributed by atoms with E-state index in [4.69, 9.17) is 0 Å². The number of anilines is 1. The van der Waals surface area contributed by atoms with Crippen LogP contribution in [0.5, 0.6) is 0 Å². The van der Waals surface area contributed by atoms with Crippen LogP contribution >= 0.6 is 0 Å². The molecule has 4 aliphatic heterocycles. The van der Waals surface area contributed by atoms with Crippen molar-refractivity contribution in [2.75, 3.05) is 37.6 Å². The van der Waals surface area contributed by atoms with Gasteiger partial charge in [-0.3, -0.25) is 14.6 Å². The van der Waals surface area contributed by atoms with Crippen LogP contribution in [0, 0.1) is 23.5 Å². The van der Waals surface area contributed by atoms with Gasteiger partial charge in [0.2, 0.25) is 5.91 Å². The number of amides is 1. The number of hydrogen-bond acceptors (Lipinski definition) is 3. The first-order valence-electron chi connectivity index (χ1n) is 9.87. The lowest BCUT2D eigenvalue weighted by molar-refractivity contribution is -0.121. The minimum Gasteiger partial charge on any atom is -0.306 e. The molecule has 26 heavy (non-hydrogen) atoms. The topological polar surface area (TPSA) is 26.8 Å². The first-order valence-corrected chi connectivity index (χ1v) is 9.87. The molecule has 1 aromatic rings. The van der Waals surface area contributed by atoms with Gasteiger partial charge in [-0.25, -0.2) is 8.78 Å². The van der Waals surface area contributed by atoms with E-state index in [-0.39, 0.29) is 17.6 Å². The Morgan fingerprint density at radius 2 is 1.69 bits per heavy atom. The number of carbonyl (C=O) groups is 1. The third-order valence-electron chi connectivity index (χ3n) is 6.97. The number of rotatable bonds is 2. The second-order valence-corrected chi connectivity index (χ2v) is 8.30. The number of likely N-dealkylation sites (tertiary alicyclic amines) is 1. The molecule has 4 saturated heterocycles. The van der Waals surface area contributed by atoms with Crippen molar-refractivity contribution in [3.05, 3.63) is 29.8 Å². The maximum absolute atomic E-state index is 14.1. The summed E-state index contributed by atoms with van der Waals surface area (Å²) in [6.45, 7) is 4.67. The Labute approximate surface area is 152 Å². The summed E-state index contributed by atoms with van der Waals surface area (Å²) in [6, 6.07) is 4.23. The summed E-state index contributed by atoms with van der Waals surface area (Å²) in [5.74, 6) is -0.160. The van der Waals surface area contributed by atoms with Crippen molar-refractivity contribution in [1.29, 1.82) is 0 Å². The largest absolute Gasteiger partial charge is 0.306 e. The number of nitrogens with zero attached hydrogens (tertiary/aromatic N) is 3. The molecular weight excluding hydrogens is 336 g/mol. The van der Waals surface area contributed by atoms with Crippen LogP contribution in [-0.2, 0) is 4.79 Å². The standard InChI is InChI=1S/C20H25F2N3O/c21-15-4-3-5-16(22)19(15)25-9-7-18(20(25)26)24-11-13-10-23-8-2-1-6-17(23)14(13)12-24/h3-5,13-14,17-18H,1-2,6-12H2/t13-,14+,17+,18+/m0/s1. The van der Waals surface area contributed by atoms with Crippen LogP contribution in [0.4, 0.5) is 14.5 Å². The van der Waals surface area contributed by atoms with E-state index >= 15 is 0 Å². The monoisotopic (exact) mass is 361 g/mol. The van der Waals surface area contributed by atoms with Gasteiger partial charge in [0.05, 0.1) is 6.04 Å². The fraction of sp³-hybridized carbons (Fsp3) is 0.650. The number of hydrogen-bond donors (Lipinski definition) is 0. The molecule has 4 aliphatic rings. The summed E-state index contributed by atoms with van der Waals surface area (Å²) >= 11 is 0. The molecule has 0 saturated carbocycles. The molecule has 4 nitrogen and oxygen atoms in total. The number of carbonyl (C=O) groups excluding carboxylic acids is 1. The maximum atomic E-state index is 14.1. The molecule has 5 rings (SSSR count). The lowest BCUT2D eigenvalue weighted by atomic mass is 9.90. The predicted molar refractivity (Wildman–Crippen MR) is 94.9 cm³/mol. The summed E-state index contributed by atoms with van der Waals surface area (Å²) < 4.78 is 28.2. The fourth-order valence-electron chi connectivity index (χ4n) is 5.82. The second kappa shape index (κ2) is 6.27. The highest BCUT2D eigenvalue weighted by molar-refractivity contribution is 5.99. The van der Waals surface area contributed by atoms with Crippen molar-refractivity contribution in [3.8, 4) is 0 Å². The Bertz CT molecular complexity index is 707. The van der Waals surface area contributed by atoms with Gasteiger partial charge < -0.3 is 4.90 Å². The highest BCUT2D eigenvalue weighted by Crippen LogP contribution is 2.42. The van der Waals surface area contributed by atoms with Crippen molar-refractivity contribution >= 4 is 11.6 Å². The summed E-state index contributed by atoms with van der Waals surface area (Å²) in [6.07, 6.45) is 4.55. The zero-order valence-electron chi connectivity index (χ0n) is 14.9. The minimum atomic E-state index is -0.657.